The van der Waals surface area contributed by atoms with Crippen molar-refractivity contribution in [1.29, 1.82) is 0 Å². The molecule has 0 saturated carbocycles. The number of ether oxygens (including phenoxy) is 1. The van der Waals surface area contributed by atoms with E-state index in [9.17, 15) is 0 Å². The maximum absolute atomic E-state index is 5.31. The first kappa shape index (κ1) is 8.92. The van der Waals surface area contributed by atoms with E-state index in [1.807, 2.05) is 13.8 Å². The van der Waals surface area contributed by atoms with Crippen molar-refractivity contribution in [2.75, 3.05) is 13.2 Å². The van der Waals surface area contributed by atoms with Gasteiger partial charge in [-0.3, -0.25) is 0 Å². The van der Waals surface area contributed by atoms with E-state index >= 15 is 0 Å². The summed E-state index contributed by atoms with van der Waals surface area (Å²) < 4.78 is 5.18. The predicted octanol–water partition coefficient (Wildman–Crippen LogP) is 1.40. The van der Waals surface area contributed by atoms with E-state index in [4.69, 9.17) is 10.5 Å². The van der Waals surface area contributed by atoms with Gasteiger partial charge in [-0.25, -0.2) is 0 Å². The zero-order valence-electron chi connectivity index (χ0n) is 6.39. The Labute approximate surface area is 58.9 Å². The summed E-state index contributed by atoms with van der Waals surface area (Å²) in [5, 5.41) is 0. The molecule has 2 nitrogen and oxygen atoms in total. The third-order valence-electron chi connectivity index (χ3n) is 1.29. The average molecular weight is 133 g/mol. The van der Waals surface area contributed by atoms with E-state index < -0.39 is 0 Å². The molecule has 0 spiro atoms. The molecule has 1 fully saturated rings. The van der Waals surface area contributed by atoms with Crippen LogP contribution in [0.5, 0.6) is 0 Å². The van der Waals surface area contributed by atoms with Crippen molar-refractivity contribution in [3.8, 4) is 0 Å². The first-order valence-electron chi connectivity index (χ1n) is 3.75. The molecule has 1 rings (SSSR count). The van der Waals surface area contributed by atoms with Crippen molar-refractivity contribution in [3.63, 3.8) is 0 Å². The highest BCUT2D eigenvalue weighted by Crippen LogP contribution is 2.09. The maximum Gasteiger partial charge on any atom is 0.0698 e. The first-order valence-corrected chi connectivity index (χ1v) is 3.75. The van der Waals surface area contributed by atoms with Crippen LogP contribution in [0.1, 0.15) is 28.1 Å². The maximum atomic E-state index is 5.31. The third kappa shape index (κ3) is 3.49. The Hall–Kier alpha value is -0.0800. The molecule has 58 valence electrons. The molecular weight excluding hydrogens is 114 g/mol. The highest BCUT2D eigenvalue weighted by atomic mass is 16.5. The molecule has 2 N–H and O–H groups in total. The van der Waals surface area contributed by atoms with E-state index in [-0.39, 0.29) is 1.43 Å². The van der Waals surface area contributed by atoms with Crippen molar-refractivity contribution in [2.45, 2.75) is 32.8 Å². The molecule has 2 heteroatoms. The summed E-state index contributed by atoms with van der Waals surface area (Å²) in [6, 6.07) is 0. The molecule has 0 aromatic heterocycles. The van der Waals surface area contributed by atoms with Crippen molar-refractivity contribution in [1.82, 2.24) is 0 Å². The molecule has 1 aliphatic heterocycles. The number of hydrogen-bond acceptors (Lipinski definition) is 2. The predicted molar refractivity (Wildman–Crippen MR) is 41.5 cm³/mol. The zero-order valence-corrected chi connectivity index (χ0v) is 6.39. The van der Waals surface area contributed by atoms with Crippen molar-refractivity contribution in [2.24, 2.45) is 5.73 Å². The van der Waals surface area contributed by atoms with Crippen LogP contribution in [-0.4, -0.2) is 19.3 Å². The minimum atomic E-state index is 0. The number of nitrogens with two attached hydrogens (primary N) is 1. The quantitative estimate of drug-likeness (QED) is 0.586. The lowest BCUT2D eigenvalue weighted by Gasteiger charge is -2.01. The summed E-state index contributed by atoms with van der Waals surface area (Å²) in [6.07, 6.45) is 2.73. The molecular formula is C7H19NO. The molecule has 0 aromatic carbocycles. The van der Waals surface area contributed by atoms with Gasteiger partial charge in [-0.1, -0.05) is 13.8 Å². The van der Waals surface area contributed by atoms with Crippen LogP contribution in [0.3, 0.4) is 0 Å². The van der Waals surface area contributed by atoms with Gasteiger partial charge >= 0.3 is 0 Å². The van der Waals surface area contributed by atoms with Crippen molar-refractivity contribution >= 4 is 0 Å². The lowest BCUT2D eigenvalue weighted by Crippen LogP contribution is -2.17. The second kappa shape index (κ2) is 6.05. The number of rotatable bonds is 1. The van der Waals surface area contributed by atoms with Crippen LogP contribution in [0.25, 0.3) is 0 Å². The lowest BCUT2D eigenvalue weighted by atomic mass is 10.2. The van der Waals surface area contributed by atoms with Gasteiger partial charge in [-0.2, -0.15) is 0 Å². The van der Waals surface area contributed by atoms with Gasteiger partial charge in [0.15, 0.2) is 0 Å². The lowest BCUT2D eigenvalue weighted by molar-refractivity contribution is 0.117. The van der Waals surface area contributed by atoms with E-state index in [0.717, 1.165) is 13.0 Å². The van der Waals surface area contributed by atoms with Crippen LogP contribution in [0.4, 0.5) is 0 Å². The molecule has 1 saturated heterocycles. The Balaban J connectivity index is 0. The molecule has 0 aliphatic carbocycles. The van der Waals surface area contributed by atoms with Crippen molar-refractivity contribution in [3.05, 3.63) is 0 Å². The molecule has 1 unspecified atom stereocenters. The summed E-state index contributed by atoms with van der Waals surface area (Å²) in [6.45, 7) is 5.61. The van der Waals surface area contributed by atoms with Gasteiger partial charge in [-0.15, -0.1) is 0 Å². The fraction of sp³-hybridized carbons (Fsp3) is 1.00. The van der Waals surface area contributed by atoms with Gasteiger partial charge in [0.1, 0.15) is 0 Å². The molecule has 9 heavy (non-hydrogen) atoms. The summed E-state index contributed by atoms with van der Waals surface area (Å²) in [5.74, 6) is 0. The standard InChI is InChI=1S/C5H11NO.C2H6.H2/c6-4-5-2-1-3-7-5;1-2;/h5H,1-4,6H2;1-2H3;1H. The highest BCUT2D eigenvalue weighted by molar-refractivity contribution is 4.63. The molecule has 0 bridgehead atoms. The smallest absolute Gasteiger partial charge is 0.0698 e. The zero-order chi connectivity index (χ0) is 7.11. The monoisotopic (exact) mass is 133 g/mol. The fourth-order valence-electron chi connectivity index (χ4n) is 0.830. The van der Waals surface area contributed by atoms with E-state index in [1.165, 1.54) is 6.42 Å². The Morgan fingerprint density at radius 1 is 1.67 bits per heavy atom. The molecule has 1 aliphatic rings. The first-order chi connectivity index (χ1) is 4.43. The SMILES string of the molecule is CC.NCC1CCCO1.[HH]. The van der Waals surface area contributed by atoms with E-state index in [2.05, 4.69) is 0 Å². The summed E-state index contributed by atoms with van der Waals surface area (Å²) >= 11 is 0. The van der Waals surface area contributed by atoms with Crippen LogP contribution >= 0.6 is 0 Å². The third-order valence-corrected chi connectivity index (χ3v) is 1.29. The summed E-state index contributed by atoms with van der Waals surface area (Å²) in [4.78, 5) is 0. The van der Waals surface area contributed by atoms with E-state index in [0.29, 0.717) is 12.6 Å². The second-order valence-electron chi connectivity index (χ2n) is 1.87. The van der Waals surface area contributed by atoms with Gasteiger partial charge in [0.05, 0.1) is 6.10 Å². The topological polar surface area (TPSA) is 35.2 Å². The Bertz CT molecular complexity index is 55.6. The molecule has 1 heterocycles. The van der Waals surface area contributed by atoms with Crippen LogP contribution in [0, 0.1) is 0 Å². The fourth-order valence-corrected chi connectivity index (χ4v) is 0.830. The Morgan fingerprint density at radius 3 is 2.56 bits per heavy atom. The van der Waals surface area contributed by atoms with Gasteiger partial charge in [0.2, 0.25) is 0 Å². The number of hydrogen-bond donors (Lipinski definition) is 1. The van der Waals surface area contributed by atoms with Gasteiger partial charge < -0.3 is 10.5 Å². The summed E-state index contributed by atoms with van der Waals surface area (Å²) in [7, 11) is 0. The molecule has 1 atom stereocenters. The van der Waals surface area contributed by atoms with Crippen LogP contribution in [0.2, 0.25) is 0 Å². The van der Waals surface area contributed by atoms with E-state index in [1.54, 1.807) is 0 Å². The van der Waals surface area contributed by atoms with Crippen LogP contribution in [-0.2, 0) is 4.74 Å². The Morgan fingerprint density at radius 2 is 2.33 bits per heavy atom. The summed E-state index contributed by atoms with van der Waals surface area (Å²) in [5.41, 5.74) is 5.31. The highest BCUT2D eigenvalue weighted by Gasteiger charge is 2.11. The van der Waals surface area contributed by atoms with Crippen LogP contribution < -0.4 is 5.73 Å². The second-order valence-corrected chi connectivity index (χ2v) is 1.87. The molecule has 0 aromatic rings. The van der Waals surface area contributed by atoms with Gasteiger partial charge in [0.25, 0.3) is 0 Å². The van der Waals surface area contributed by atoms with Crippen LogP contribution in [0.15, 0.2) is 0 Å². The molecule has 0 radical (unpaired) electrons. The molecule has 0 amide bonds. The average Bonchev–Trinajstić information content (AvgIpc) is 2.43. The largest absolute Gasteiger partial charge is 0.377 e. The van der Waals surface area contributed by atoms with Crippen molar-refractivity contribution < 1.29 is 6.16 Å². The minimum absolute atomic E-state index is 0. The Kier molecular flexibility index (Phi) is 5.99. The van der Waals surface area contributed by atoms with Gasteiger partial charge in [-0.05, 0) is 12.8 Å². The minimum Gasteiger partial charge on any atom is -0.377 e. The van der Waals surface area contributed by atoms with Gasteiger partial charge in [0, 0.05) is 14.6 Å². The normalized spacial score (nSPS) is 25.0.